The Morgan fingerprint density at radius 1 is 1.30 bits per heavy atom. The number of pyridine rings is 1. The molecule has 0 aliphatic carbocycles. The van der Waals surface area contributed by atoms with E-state index in [0.29, 0.717) is 24.5 Å². The minimum atomic E-state index is -4.47. The molecule has 0 spiro atoms. The summed E-state index contributed by atoms with van der Waals surface area (Å²) in [7, 11) is 0. The number of hydrogen-bond donors (Lipinski definition) is 1. The molecule has 1 aliphatic heterocycles. The van der Waals surface area contributed by atoms with Crippen LogP contribution < -0.4 is 15.0 Å². The molecule has 0 radical (unpaired) electrons. The Kier molecular flexibility index (Phi) is 5.15. The van der Waals surface area contributed by atoms with Crippen LogP contribution in [0.4, 0.5) is 29.3 Å². The largest absolute Gasteiger partial charge is 0.468 e. The number of alkyl halides is 3. The molecule has 1 aliphatic rings. The van der Waals surface area contributed by atoms with Crippen molar-refractivity contribution in [1.29, 1.82) is 0 Å². The number of nitrogens with zero attached hydrogens (tertiary/aromatic N) is 2. The number of aromatic nitrogens is 1. The summed E-state index contributed by atoms with van der Waals surface area (Å²) in [5.41, 5.74) is 1.15. The molecule has 0 saturated carbocycles. The summed E-state index contributed by atoms with van der Waals surface area (Å²) in [6.07, 6.45) is -3.81. The van der Waals surface area contributed by atoms with Crippen LogP contribution >= 0.6 is 0 Å². The molecule has 10 heteroatoms. The van der Waals surface area contributed by atoms with Gasteiger partial charge in [0.15, 0.2) is 6.61 Å². The number of carbonyl (C=O) groups excluding carboxylic acids is 2. The predicted octanol–water partition coefficient (Wildman–Crippen LogP) is 3.23. The quantitative estimate of drug-likeness (QED) is 0.860. The third kappa shape index (κ3) is 4.87. The molecule has 0 atom stereocenters. The molecule has 1 aromatic heterocycles. The number of cyclic esters (lactones) is 1. The van der Waals surface area contributed by atoms with Crippen molar-refractivity contribution < 1.29 is 32.2 Å². The number of nitrogens with one attached hydrogen (secondary N) is 1. The monoisotopic (exact) mass is 381 g/mol. The van der Waals surface area contributed by atoms with E-state index in [4.69, 9.17) is 4.74 Å². The second-order valence-electron chi connectivity index (χ2n) is 5.56. The molecular formula is C17H14F3N3O4. The molecule has 1 saturated heterocycles. The van der Waals surface area contributed by atoms with E-state index in [-0.39, 0.29) is 11.4 Å². The number of anilines is 2. The highest BCUT2D eigenvalue weighted by atomic mass is 19.4. The summed E-state index contributed by atoms with van der Waals surface area (Å²) in [5, 5.41) is 2.63. The number of hydrogen-bond acceptors (Lipinski definition) is 5. The van der Waals surface area contributed by atoms with E-state index in [9.17, 15) is 22.8 Å². The smallest absolute Gasteiger partial charge is 0.422 e. The number of amides is 2. The van der Waals surface area contributed by atoms with Gasteiger partial charge in [0, 0.05) is 23.6 Å². The lowest BCUT2D eigenvalue weighted by atomic mass is 10.2. The fourth-order valence-electron chi connectivity index (χ4n) is 2.34. The van der Waals surface area contributed by atoms with Crippen LogP contribution in [0.2, 0.25) is 0 Å². The van der Waals surface area contributed by atoms with Gasteiger partial charge < -0.3 is 14.8 Å². The van der Waals surface area contributed by atoms with Gasteiger partial charge >= 0.3 is 12.3 Å². The second kappa shape index (κ2) is 7.52. The first-order valence-electron chi connectivity index (χ1n) is 7.83. The lowest BCUT2D eigenvalue weighted by molar-refractivity contribution is -0.154. The van der Waals surface area contributed by atoms with Crippen LogP contribution in [-0.4, -0.2) is 42.9 Å². The molecule has 1 aromatic carbocycles. The maximum Gasteiger partial charge on any atom is 0.422 e. The Hall–Kier alpha value is -3.30. The fraction of sp³-hybridized carbons (Fsp3) is 0.235. The minimum absolute atomic E-state index is 0.139. The Balaban J connectivity index is 1.64. The van der Waals surface area contributed by atoms with Gasteiger partial charge in [0.25, 0.3) is 5.91 Å². The number of halogens is 3. The molecule has 0 unspecified atom stereocenters. The lowest BCUT2D eigenvalue weighted by Gasteiger charge is -2.14. The van der Waals surface area contributed by atoms with E-state index >= 15 is 0 Å². The van der Waals surface area contributed by atoms with E-state index < -0.39 is 24.8 Å². The molecule has 1 fully saturated rings. The molecule has 27 heavy (non-hydrogen) atoms. The van der Waals surface area contributed by atoms with Gasteiger partial charge in [0.1, 0.15) is 6.61 Å². The molecule has 2 aromatic rings. The van der Waals surface area contributed by atoms with Crippen molar-refractivity contribution in [1.82, 2.24) is 4.98 Å². The number of ether oxygens (including phenoxy) is 2. The highest BCUT2D eigenvalue weighted by molar-refractivity contribution is 6.04. The number of benzene rings is 1. The molecule has 2 heterocycles. The summed E-state index contributed by atoms with van der Waals surface area (Å²) in [4.78, 5) is 29.0. The topological polar surface area (TPSA) is 80.8 Å². The Bertz CT molecular complexity index is 840. The van der Waals surface area contributed by atoms with Crippen molar-refractivity contribution in [2.75, 3.05) is 30.0 Å². The van der Waals surface area contributed by atoms with Gasteiger partial charge in [-0.3, -0.25) is 9.69 Å². The summed E-state index contributed by atoms with van der Waals surface area (Å²) < 4.78 is 45.7. The molecular weight excluding hydrogens is 367 g/mol. The van der Waals surface area contributed by atoms with Crippen LogP contribution in [0.1, 0.15) is 10.4 Å². The van der Waals surface area contributed by atoms with E-state index in [1.54, 1.807) is 24.3 Å². The van der Waals surface area contributed by atoms with Crippen LogP contribution in [0.25, 0.3) is 0 Å². The summed E-state index contributed by atoms with van der Waals surface area (Å²) in [6, 6.07) is 9.10. The van der Waals surface area contributed by atoms with Gasteiger partial charge in [-0.05, 0) is 24.3 Å². The maximum absolute atomic E-state index is 12.3. The van der Waals surface area contributed by atoms with Crippen molar-refractivity contribution in [3.05, 3.63) is 48.2 Å². The average molecular weight is 381 g/mol. The number of carbonyl (C=O) groups is 2. The standard InChI is InChI=1S/C17H14F3N3O4/c18-17(19,20)10-27-14-5-4-11(9-21-14)15(24)22-12-2-1-3-13(8-12)23-6-7-26-16(23)25/h1-5,8-9H,6-7,10H2,(H,22,24). The van der Waals surface area contributed by atoms with E-state index in [0.717, 1.165) is 6.20 Å². The first kappa shape index (κ1) is 18.5. The van der Waals surface area contributed by atoms with Crippen LogP contribution in [0.5, 0.6) is 5.88 Å². The van der Waals surface area contributed by atoms with Crippen LogP contribution in [0.15, 0.2) is 42.6 Å². The molecule has 2 amide bonds. The van der Waals surface area contributed by atoms with Crippen molar-refractivity contribution in [3.63, 3.8) is 0 Å². The summed E-state index contributed by atoms with van der Waals surface area (Å²) in [6.45, 7) is -0.749. The van der Waals surface area contributed by atoms with Crippen molar-refractivity contribution in [3.8, 4) is 5.88 Å². The van der Waals surface area contributed by atoms with Gasteiger partial charge in [-0.25, -0.2) is 9.78 Å². The van der Waals surface area contributed by atoms with Crippen molar-refractivity contribution >= 4 is 23.4 Å². The van der Waals surface area contributed by atoms with Gasteiger partial charge in [0.2, 0.25) is 5.88 Å². The van der Waals surface area contributed by atoms with Crippen molar-refractivity contribution in [2.45, 2.75) is 6.18 Å². The normalized spacial score (nSPS) is 14.0. The first-order valence-corrected chi connectivity index (χ1v) is 7.83. The first-order chi connectivity index (χ1) is 12.8. The Labute approximate surface area is 151 Å². The molecule has 1 N–H and O–H groups in total. The third-order valence-electron chi connectivity index (χ3n) is 3.56. The number of rotatable bonds is 5. The van der Waals surface area contributed by atoms with Gasteiger partial charge in [0.05, 0.1) is 12.1 Å². The highest BCUT2D eigenvalue weighted by Gasteiger charge is 2.28. The highest BCUT2D eigenvalue weighted by Crippen LogP contribution is 2.23. The van der Waals surface area contributed by atoms with Crippen LogP contribution in [-0.2, 0) is 4.74 Å². The van der Waals surface area contributed by atoms with Gasteiger partial charge in [-0.15, -0.1) is 0 Å². The van der Waals surface area contributed by atoms with Crippen LogP contribution in [0, 0.1) is 0 Å². The lowest BCUT2D eigenvalue weighted by Crippen LogP contribution is -2.23. The Morgan fingerprint density at radius 2 is 2.11 bits per heavy atom. The zero-order chi connectivity index (χ0) is 19.4. The maximum atomic E-state index is 12.3. The second-order valence-corrected chi connectivity index (χ2v) is 5.56. The van der Waals surface area contributed by atoms with Crippen LogP contribution in [0.3, 0.4) is 0 Å². The molecule has 7 nitrogen and oxygen atoms in total. The minimum Gasteiger partial charge on any atom is -0.468 e. The van der Waals surface area contributed by atoms with E-state index in [2.05, 4.69) is 15.0 Å². The van der Waals surface area contributed by atoms with E-state index in [1.165, 1.54) is 17.0 Å². The fourth-order valence-corrected chi connectivity index (χ4v) is 2.34. The summed E-state index contributed by atoms with van der Waals surface area (Å²) >= 11 is 0. The Morgan fingerprint density at radius 3 is 2.74 bits per heavy atom. The SMILES string of the molecule is O=C(Nc1cccc(N2CCOC2=O)c1)c1ccc(OCC(F)(F)F)nc1. The molecule has 142 valence electrons. The zero-order valence-electron chi connectivity index (χ0n) is 13.8. The molecule has 3 rings (SSSR count). The predicted molar refractivity (Wildman–Crippen MR) is 88.9 cm³/mol. The zero-order valence-corrected chi connectivity index (χ0v) is 13.8. The molecule has 0 bridgehead atoms. The average Bonchev–Trinajstić information content (AvgIpc) is 3.06. The van der Waals surface area contributed by atoms with E-state index in [1.807, 2.05) is 0 Å². The summed E-state index contributed by atoms with van der Waals surface area (Å²) in [5.74, 6) is -0.746. The van der Waals surface area contributed by atoms with Gasteiger partial charge in [-0.1, -0.05) is 6.07 Å². The third-order valence-corrected chi connectivity index (χ3v) is 3.56. The van der Waals surface area contributed by atoms with Crippen molar-refractivity contribution in [2.24, 2.45) is 0 Å². The van der Waals surface area contributed by atoms with Gasteiger partial charge in [-0.2, -0.15) is 13.2 Å².